The first-order chi connectivity index (χ1) is 34.1. The number of hydrogen-bond donors (Lipinski definition) is 2. The molecule has 0 aliphatic carbocycles. The Hall–Kier alpha value is -6.30. The van der Waals surface area contributed by atoms with Crippen molar-refractivity contribution in [1.82, 2.24) is 5.32 Å². The number of nitrogens with one attached hydrogen (secondary N) is 1. The number of ether oxygens (including phenoxy) is 2. The summed E-state index contributed by atoms with van der Waals surface area (Å²) >= 11 is 0. The number of fused-ring (bicyclic) bond motifs is 2. The number of methoxy groups -OCH3 is 2. The van der Waals surface area contributed by atoms with Crippen molar-refractivity contribution in [3.05, 3.63) is 180 Å². The molecule has 0 aromatic heterocycles. The van der Waals surface area contributed by atoms with Crippen LogP contribution in [0.4, 0.5) is 11.4 Å². The highest BCUT2D eigenvalue weighted by atomic mass is 32.2. The molecule has 1 amide bonds. The van der Waals surface area contributed by atoms with E-state index in [-0.39, 0.29) is 22.0 Å². The molecule has 11 nitrogen and oxygen atoms in total. The molecule has 5 aromatic rings. The van der Waals surface area contributed by atoms with E-state index in [0.29, 0.717) is 50.1 Å². The summed E-state index contributed by atoms with van der Waals surface area (Å²) in [6.07, 6.45) is 14.3. The third-order valence-corrected chi connectivity index (χ3v) is 16.7. The second-order valence-corrected chi connectivity index (χ2v) is 22.4. The van der Waals surface area contributed by atoms with E-state index in [9.17, 15) is 27.4 Å². The molecule has 2 aliphatic heterocycles. The number of para-hydroxylation sites is 1. The lowest BCUT2D eigenvalue weighted by Crippen LogP contribution is -2.29. The molecular weight excluding hydrogens is 930 g/mol. The molecule has 0 fully saturated rings. The zero-order valence-corrected chi connectivity index (χ0v) is 43.3. The normalized spacial score (nSPS) is 15.5. The maximum atomic E-state index is 13.5. The number of anilines is 1. The van der Waals surface area contributed by atoms with Gasteiger partial charge in [-0.15, -0.1) is 0 Å². The van der Waals surface area contributed by atoms with Gasteiger partial charge in [0.1, 0.15) is 12.3 Å². The maximum absolute atomic E-state index is 13.5. The van der Waals surface area contributed by atoms with Gasteiger partial charge in [-0.1, -0.05) is 111 Å². The van der Waals surface area contributed by atoms with Crippen LogP contribution in [0.5, 0.6) is 0 Å². The van der Waals surface area contributed by atoms with Crippen LogP contribution in [0.25, 0.3) is 0 Å². The highest BCUT2D eigenvalue weighted by Crippen LogP contribution is 2.48. The summed E-state index contributed by atoms with van der Waals surface area (Å²) in [4.78, 5) is 41.6. The van der Waals surface area contributed by atoms with Gasteiger partial charge in [0.15, 0.2) is 5.71 Å². The van der Waals surface area contributed by atoms with Crippen LogP contribution in [-0.2, 0) is 35.2 Å². The standard InChI is InChI=1S/C58H64N3O8PS/c1-57(2)48-28-18-19-29-50(48)60(53(57)30-16-9-17-31-54-58(3,4)49-41-46(71(65,66)67)33-35-51(49)61(54)38-39-68-5)37-20-10-11-22-43(62)23-21-36-59-55(63)42-32-34-47(56(64)69-6)52(40-42)70(44-24-12-7-13-25-44)45-26-14-8-15-27-45/h7-9,12-19,24-35,40-41H,10-11,20-23,36-39H2,1-6H3,(H-,59,63,65,66,67)/p+1. The van der Waals surface area contributed by atoms with Crippen LogP contribution in [0.2, 0.25) is 0 Å². The van der Waals surface area contributed by atoms with Crippen LogP contribution in [0, 0.1) is 0 Å². The van der Waals surface area contributed by atoms with Crippen LogP contribution in [0.15, 0.2) is 162 Å². The fourth-order valence-corrected chi connectivity index (χ4v) is 12.7. The number of amides is 1. The molecule has 7 rings (SSSR count). The van der Waals surface area contributed by atoms with E-state index in [1.54, 1.807) is 37.4 Å². The Morgan fingerprint density at radius 3 is 2.10 bits per heavy atom. The zero-order valence-electron chi connectivity index (χ0n) is 41.6. The Morgan fingerprint density at radius 1 is 0.746 bits per heavy atom. The van der Waals surface area contributed by atoms with Gasteiger partial charge in [-0.25, -0.2) is 4.79 Å². The van der Waals surface area contributed by atoms with E-state index in [1.165, 1.54) is 30.1 Å². The topological polar surface area (TPSA) is 142 Å². The average molecular weight is 995 g/mol. The minimum Gasteiger partial charge on any atom is -0.465 e. The molecule has 71 heavy (non-hydrogen) atoms. The molecule has 0 spiro atoms. The van der Waals surface area contributed by atoms with Crippen LogP contribution < -0.4 is 26.1 Å². The average Bonchev–Trinajstić information content (AvgIpc) is 3.71. The van der Waals surface area contributed by atoms with Gasteiger partial charge in [-0.05, 0) is 99.7 Å². The molecule has 5 aromatic carbocycles. The molecule has 13 heteroatoms. The molecule has 2 aliphatic rings. The van der Waals surface area contributed by atoms with Crippen molar-refractivity contribution in [2.24, 2.45) is 0 Å². The predicted molar refractivity (Wildman–Crippen MR) is 286 cm³/mol. The largest absolute Gasteiger partial charge is 0.465 e. The van der Waals surface area contributed by atoms with E-state index in [0.717, 1.165) is 58.7 Å². The fourth-order valence-electron chi connectivity index (χ4n) is 9.68. The smallest absolute Gasteiger partial charge is 0.338 e. The fraction of sp³-hybridized carbons (Fsp3) is 0.310. The van der Waals surface area contributed by atoms with Gasteiger partial charge < -0.3 is 19.7 Å². The number of carbonyl (C=O) groups is 3. The van der Waals surface area contributed by atoms with Crippen LogP contribution in [0.3, 0.4) is 0 Å². The molecule has 2 heterocycles. The zero-order chi connectivity index (χ0) is 50.8. The number of Topliss-reactive ketones (excluding diaryl/α,β-unsaturated/α-hetero) is 1. The van der Waals surface area contributed by atoms with Crippen molar-refractivity contribution in [3.8, 4) is 0 Å². The molecule has 0 saturated heterocycles. The van der Waals surface area contributed by atoms with Crippen molar-refractivity contribution in [2.75, 3.05) is 45.4 Å². The van der Waals surface area contributed by atoms with Crippen molar-refractivity contribution in [2.45, 2.75) is 81.9 Å². The Kier molecular flexibility index (Phi) is 17.2. The maximum Gasteiger partial charge on any atom is 0.338 e. The van der Waals surface area contributed by atoms with Crippen LogP contribution in [0.1, 0.15) is 98.1 Å². The Bertz CT molecular complexity index is 2940. The van der Waals surface area contributed by atoms with Crippen LogP contribution >= 0.6 is 7.92 Å². The minimum absolute atomic E-state index is 0.127. The highest BCUT2D eigenvalue weighted by molar-refractivity contribution is 7.85. The van der Waals surface area contributed by atoms with Crippen molar-refractivity contribution in [3.63, 3.8) is 0 Å². The van der Waals surface area contributed by atoms with E-state index < -0.39 is 29.4 Å². The summed E-state index contributed by atoms with van der Waals surface area (Å²) in [6, 6.07) is 38.4. The monoisotopic (exact) mass is 994 g/mol. The van der Waals surface area contributed by atoms with Gasteiger partial charge in [0.25, 0.3) is 16.0 Å². The molecule has 0 saturated carbocycles. The summed E-state index contributed by atoms with van der Waals surface area (Å²) in [7, 11) is -2.52. The van der Waals surface area contributed by atoms with Crippen molar-refractivity contribution in [1.29, 1.82) is 0 Å². The molecule has 0 atom stereocenters. The number of hydrogen-bond acceptors (Lipinski definition) is 8. The lowest BCUT2D eigenvalue weighted by Gasteiger charge is -2.26. The third-order valence-electron chi connectivity index (χ3n) is 13.4. The number of allylic oxidation sites excluding steroid dienone is 6. The minimum atomic E-state index is -4.36. The van der Waals surface area contributed by atoms with E-state index >= 15 is 0 Å². The van der Waals surface area contributed by atoms with Gasteiger partial charge in [0.2, 0.25) is 5.69 Å². The molecule has 0 bridgehead atoms. The SMILES string of the molecule is COCCN1C(=CC=CC=CC2=[N+](CCCCCC(=O)CCCNC(=O)c3ccc(C(=O)OC)c(P(c4ccccc4)c4ccccc4)c3)c3ccccc3C2(C)C)C(C)(C)c2cc(S(=O)(=O)O)ccc21. The number of benzene rings is 5. The second kappa shape index (κ2) is 23.3. The second-order valence-electron chi connectivity index (χ2n) is 18.8. The Labute approximate surface area is 420 Å². The van der Waals surface area contributed by atoms with E-state index in [2.05, 4.69) is 71.1 Å². The quantitative estimate of drug-likeness (QED) is 0.0173. The lowest BCUT2D eigenvalue weighted by atomic mass is 9.81. The van der Waals surface area contributed by atoms with Crippen LogP contribution in [-0.4, -0.2) is 81.4 Å². The Morgan fingerprint density at radius 2 is 1.42 bits per heavy atom. The van der Waals surface area contributed by atoms with Gasteiger partial charge in [-0.3, -0.25) is 14.1 Å². The predicted octanol–water partition coefficient (Wildman–Crippen LogP) is 9.63. The van der Waals surface area contributed by atoms with E-state index in [1.807, 2.05) is 86.7 Å². The number of nitrogens with zero attached hydrogens (tertiary/aromatic N) is 2. The number of ketones is 1. The molecule has 0 radical (unpaired) electrons. The first-order valence-electron chi connectivity index (χ1n) is 24.2. The van der Waals surface area contributed by atoms with E-state index in [4.69, 9.17) is 9.47 Å². The van der Waals surface area contributed by atoms with Gasteiger partial charge >= 0.3 is 5.97 Å². The summed E-state index contributed by atoms with van der Waals surface area (Å²) < 4.78 is 46.8. The Balaban J connectivity index is 0.938. The summed E-state index contributed by atoms with van der Waals surface area (Å²) in [5.74, 6) is -0.541. The summed E-state index contributed by atoms with van der Waals surface area (Å²) in [5.41, 5.74) is 6.42. The van der Waals surface area contributed by atoms with Gasteiger partial charge in [0.05, 0.1) is 29.6 Å². The van der Waals surface area contributed by atoms with Crippen molar-refractivity contribution >= 4 is 68.7 Å². The molecule has 370 valence electrons. The first kappa shape index (κ1) is 52.5. The first-order valence-corrected chi connectivity index (χ1v) is 27.0. The number of rotatable bonds is 22. The number of carbonyl (C=O) groups excluding carboxylic acids is 3. The molecular formula is C58H65N3O8PS+. The van der Waals surface area contributed by atoms with Gasteiger partial charge in [-0.2, -0.15) is 13.0 Å². The van der Waals surface area contributed by atoms with Gasteiger partial charge in [0, 0.05) is 84.8 Å². The summed E-state index contributed by atoms with van der Waals surface area (Å²) in [6.45, 7) is 10.8. The highest BCUT2D eigenvalue weighted by Gasteiger charge is 2.44. The number of esters is 1. The summed E-state index contributed by atoms with van der Waals surface area (Å²) in [5, 5.41) is 5.82. The van der Waals surface area contributed by atoms with Crippen molar-refractivity contribution < 1.29 is 41.4 Å². The molecule has 2 N–H and O–H groups in total. The number of unbranched alkanes of at least 4 members (excludes halogenated alkanes) is 2. The lowest BCUT2D eigenvalue weighted by molar-refractivity contribution is -0.438. The third kappa shape index (κ3) is 12.1. The molecule has 0 unspecified atom stereocenters.